The van der Waals surface area contributed by atoms with Gasteiger partial charge in [-0.2, -0.15) is 0 Å². The van der Waals surface area contributed by atoms with E-state index >= 15 is 0 Å². The maximum Gasteiger partial charge on any atom is 0.343 e. The van der Waals surface area contributed by atoms with Crippen molar-refractivity contribution in [3.8, 4) is 28.0 Å². The fourth-order valence-corrected chi connectivity index (χ4v) is 7.89. The summed E-state index contributed by atoms with van der Waals surface area (Å²) < 4.78 is 29.3. The summed E-state index contributed by atoms with van der Waals surface area (Å²) in [7, 11) is 0. The third-order valence-electron chi connectivity index (χ3n) is 10.1. The summed E-state index contributed by atoms with van der Waals surface area (Å²) in [6, 6.07) is 22.0. The highest BCUT2D eigenvalue weighted by Crippen LogP contribution is 2.40. The Labute approximate surface area is 331 Å². The highest BCUT2D eigenvalue weighted by Gasteiger charge is 2.37. The number of nitrogens with one attached hydrogen (secondary N) is 1. The first-order valence-corrected chi connectivity index (χ1v) is 19.2. The van der Waals surface area contributed by atoms with Crippen LogP contribution in [0.4, 0.5) is 0 Å². The van der Waals surface area contributed by atoms with E-state index in [-0.39, 0.29) is 5.56 Å². The molecule has 1 N–H and O–H groups in total. The molecular weight excluding hydrogens is 747 g/mol. The molecule has 290 valence electrons. The minimum absolute atomic E-state index is 0.238. The number of fused-ring (bicyclic) bond motifs is 2. The van der Waals surface area contributed by atoms with Gasteiger partial charge in [-0.15, -0.1) is 16.5 Å². The van der Waals surface area contributed by atoms with Crippen LogP contribution in [0.3, 0.4) is 0 Å². The number of furan rings is 1. The quantitative estimate of drug-likeness (QED) is 0.0578. The van der Waals surface area contributed by atoms with E-state index in [0.717, 1.165) is 38.4 Å². The van der Waals surface area contributed by atoms with Gasteiger partial charge in [0, 0.05) is 23.9 Å². The molecule has 1 fully saturated rings. The lowest BCUT2D eigenvalue weighted by Gasteiger charge is -2.30. The van der Waals surface area contributed by atoms with Crippen molar-refractivity contribution >= 4 is 56.4 Å². The summed E-state index contributed by atoms with van der Waals surface area (Å²) in [5.74, 6) is -1.53. The highest BCUT2D eigenvalue weighted by atomic mass is 32.1. The second kappa shape index (κ2) is 15.9. The number of rotatable bonds is 11. The number of aromatic nitrogens is 1. The number of carbonyl (C=O) groups is 4. The van der Waals surface area contributed by atoms with Gasteiger partial charge < -0.3 is 23.4 Å². The van der Waals surface area contributed by atoms with E-state index in [1.165, 1.54) is 54.7 Å². The Morgan fingerprint density at radius 2 is 1.49 bits per heavy atom. The van der Waals surface area contributed by atoms with Gasteiger partial charge in [0.15, 0.2) is 16.5 Å². The third kappa shape index (κ3) is 8.24. The molecule has 1 unspecified atom stereocenters. The van der Waals surface area contributed by atoms with Crippen LogP contribution in [0.15, 0.2) is 101 Å². The highest BCUT2D eigenvalue weighted by molar-refractivity contribution is 7.21. The Balaban J connectivity index is 0.965. The van der Waals surface area contributed by atoms with Crippen LogP contribution in [0.2, 0.25) is 0 Å². The SMILES string of the molecule is C=CC(=O)Oc1ccc(OC(=O)C2CCC(C(=O)OC(C)(N=N)c3ccc(C(=O)Oc4ccc(C)c5sc(-c6cc7c(C)cc(C)cc7o6)nc45)cc3)CC2)cc1. The largest absolute Gasteiger partial charge is 0.454 e. The molecule has 0 amide bonds. The average molecular weight is 786 g/mol. The van der Waals surface area contributed by atoms with Crippen LogP contribution in [0, 0.1) is 38.1 Å². The summed E-state index contributed by atoms with van der Waals surface area (Å²) in [5.41, 5.74) is 11.4. The van der Waals surface area contributed by atoms with Crippen molar-refractivity contribution in [1.82, 2.24) is 4.98 Å². The van der Waals surface area contributed by atoms with Crippen molar-refractivity contribution in [1.29, 1.82) is 5.53 Å². The van der Waals surface area contributed by atoms with Crippen LogP contribution in [-0.4, -0.2) is 28.9 Å². The zero-order valence-electron chi connectivity index (χ0n) is 31.8. The zero-order chi connectivity index (χ0) is 40.4. The van der Waals surface area contributed by atoms with Crippen LogP contribution in [0.25, 0.3) is 32.0 Å². The van der Waals surface area contributed by atoms with Crippen molar-refractivity contribution in [2.45, 2.75) is 59.1 Å². The molecule has 7 rings (SSSR count). The number of hydrogen-bond donors (Lipinski definition) is 1. The van der Waals surface area contributed by atoms with Crippen molar-refractivity contribution in [2.24, 2.45) is 17.0 Å². The molecule has 57 heavy (non-hydrogen) atoms. The average Bonchev–Trinajstić information content (AvgIpc) is 3.86. The first-order valence-electron chi connectivity index (χ1n) is 18.4. The Morgan fingerprint density at radius 3 is 2.14 bits per heavy atom. The van der Waals surface area contributed by atoms with Crippen LogP contribution in [0.5, 0.6) is 17.2 Å². The number of benzene rings is 4. The molecular formula is C44H39N3O9S. The standard InChI is InChI=1S/C44H39N3O9S/c1-6-37(48)52-31-16-18-32(19-17-31)53-41(49)27-8-10-29(11-9-27)43(51)56-44(5,47-45)30-14-12-28(13-15-30)42(50)55-34-20-7-25(3)39-38(34)46-40(57-39)36-23-33-26(4)21-24(2)22-35(33)54-36/h6-7,12-23,27,29,45H,1,8-11H2,2-5H3. The number of nitrogens with zero attached hydrogens (tertiary/aromatic N) is 2. The van der Waals surface area contributed by atoms with Crippen molar-refractivity contribution in [3.05, 3.63) is 119 Å². The van der Waals surface area contributed by atoms with Gasteiger partial charge in [0.1, 0.15) is 22.6 Å². The van der Waals surface area contributed by atoms with Crippen LogP contribution in [0.1, 0.15) is 65.2 Å². The van der Waals surface area contributed by atoms with Gasteiger partial charge in [-0.1, -0.05) is 30.8 Å². The van der Waals surface area contributed by atoms with Crippen LogP contribution >= 0.6 is 11.3 Å². The molecule has 0 aliphatic heterocycles. The summed E-state index contributed by atoms with van der Waals surface area (Å²) in [4.78, 5) is 55.8. The summed E-state index contributed by atoms with van der Waals surface area (Å²) in [5, 5.41) is 5.34. The molecule has 4 aromatic carbocycles. The Hall–Kier alpha value is -6.47. The molecule has 1 saturated carbocycles. The predicted octanol–water partition coefficient (Wildman–Crippen LogP) is 10.1. The van der Waals surface area contributed by atoms with E-state index in [1.807, 2.05) is 39.0 Å². The van der Waals surface area contributed by atoms with Gasteiger partial charge in [0.25, 0.3) is 0 Å². The lowest BCUT2D eigenvalue weighted by atomic mass is 9.82. The molecule has 1 atom stereocenters. The maximum atomic E-state index is 13.4. The van der Waals surface area contributed by atoms with Crippen molar-refractivity contribution < 1.29 is 42.5 Å². The van der Waals surface area contributed by atoms with Gasteiger partial charge in [-0.05, 0) is 118 Å². The Morgan fingerprint density at radius 1 is 0.842 bits per heavy atom. The molecule has 12 nitrogen and oxygen atoms in total. The molecule has 2 heterocycles. The van der Waals surface area contributed by atoms with Crippen LogP contribution in [-0.2, 0) is 24.8 Å². The minimum atomic E-state index is -1.64. The van der Waals surface area contributed by atoms with Crippen LogP contribution < -0.4 is 14.2 Å². The number of aryl methyl sites for hydroxylation is 3. The molecule has 1 aliphatic rings. The molecule has 2 aromatic heterocycles. The second-order valence-corrected chi connectivity index (χ2v) is 15.2. The number of carbonyl (C=O) groups excluding carboxylic acids is 4. The summed E-state index contributed by atoms with van der Waals surface area (Å²) >= 11 is 1.46. The maximum absolute atomic E-state index is 13.4. The molecule has 0 spiro atoms. The van der Waals surface area contributed by atoms with E-state index in [4.69, 9.17) is 33.9 Å². The van der Waals surface area contributed by atoms with Gasteiger partial charge in [-0.25, -0.2) is 20.1 Å². The normalized spacial score (nSPS) is 16.4. The smallest absolute Gasteiger partial charge is 0.343 e. The van der Waals surface area contributed by atoms with Crippen molar-refractivity contribution in [3.63, 3.8) is 0 Å². The Kier molecular flexibility index (Phi) is 10.9. The molecule has 1 aliphatic carbocycles. The molecule has 0 radical (unpaired) electrons. The van der Waals surface area contributed by atoms with E-state index in [2.05, 4.69) is 17.8 Å². The number of ether oxygens (including phenoxy) is 4. The fraction of sp³-hybridized carbons (Fsp3) is 0.250. The van der Waals surface area contributed by atoms with Gasteiger partial charge in [-0.3, -0.25) is 9.59 Å². The fourth-order valence-electron chi connectivity index (χ4n) is 6.89. The monoisotopic (exact) mass is 785 g/mol. The second-order valence-electron chi connectivity index (χ2n) is 14.2. The van der Waals surface area contributed by atoms with Gasteiger partial charge >= 0.3 is 23.9 Å². The van der Waals surface area contributed by atoms with E-state index in [9.17, 15) is 19.2 Å². The predicted molar refractivity (Wildman–Crippen MR) is 212 cm³/mol. The summed E-state index contributed by atoms with van der Waals surface area (Å²) in [6.45, 7) is 10.9. The first-order chi connectivity index (χ1) is 27.3. The van der Waals surface area contributed by atoms with E-state index in [0.29, 0.717) is 64.8 Å². The number of hydrogen-bond acceptors (Lipinski definition) is 13. The summed E-state index contributed by atoms with van der Waals surface area (Å²) in [6.07, 6.45) is 2.64. The lowest BCUT2D eigenvalue weighted by molar-refractivity contribution is -0.167. The van der Waals surface area contributed by atoms with Crippen molar-refractivity contribution in [2.75, 3.05) is 0 Å². The number of esters is 4. The number of thiazole rings is 1. The molecule has 13 heteroatoms. The molecule has 0 bridgehead atoms. The van der Waals surface area contributed by atoms with E-state index in [1.54, 1.807) is 18.2 Å². The first kappa shape index (κ1) is 38.8. The lowest BCUT2D eigenvalue weighted by Crippen LogP contribution is -2.34. The van der Waals surface area contributed by atoms with E-state index < -0.39 is 41.4 Å². The van der Waals surface area contributed by atoms with Gasteiger partial charge in [0.05, 0.1) is 22.1 Å². The minimum Gasteiger partial charge on any atom is -0.454 e. The third-order valence-corrected chi connectivity index (χ3v) is 11.3. The topological polar surface area (TPSA) is 167 Å². The Bertz CT molecular complexity index is 2550. The van der Waals surface area contributed by atoms with Gasteiger partial charge in [0.2, 0.25) is 5.72 Å². The molecule has 0 saturated heterocycles. The zero-order valence-corrected chi connectivity index (χ0v) is 32.6. The molecule has 6 aromatic rings.